The molecule has 0 heterocycles. The third kappa shape index (κ3) is 6.90. The summed E-state index contributed by atoms with van der Waals surface area (Å²) in [6.45, 7) is 0. The van der Waals surface area contributed by atoms with Crippen molar-refractivity contribution in [2.24, 2.45) is 5.92 Å². The van der Waals surface area contributed by atoms with E-state index in [-0.39, 0.29) is 17.5 Å². The lowest BCUT2D eigenvalue weighted by atomic mass is 9.87. The first-order chi connectivity index (χ1) is 11.6. The van der Waals surface area contributed by atoms with E-state index in [0.717, 1.165) is 12.8 Å². The molecule has 2 aromatic carbocycles. The molecule has 1 aliphatic rings. The maximum absolute atomic E-state index is 12.7. The summed E-state index contributed by atoms with van der Waals surface area (Å²) in [6, 6.07) is 13.8. The van der Waals surface area contributed by atoms with E-state index >= 15 is 0 Å². The smallest absolute Gasteiger partial charge is 0.224 e. The number of amides is 1. The molecule has 0 radical (unpaired) electrons. The monoisotopic (exact) mass is 331 g/mol. The van der Waals surface area contributed by atoms with Crippen LogP contribution in [0.25, 0.3) is 0 Å². The number of halogens is 2. The molecule has 2 aromatic rings. The largest absolute Gasteiger partial charge is 0.326 e. The highest BCUT2D eigenvalue weighted by Gasteiger charge is 2.16. The Morgan fingerprint density at radius 1 is 0.875 bits per heavy atom. The quantitative estimate of drug-likeness (QED) is 0.784. The first kappa shape index (κ1) is 18.1. The van der Waals surface area contributed by atoms with Gasteiger partial charge in [-0.2, -0.15) is 0 Å². The molecule has 1 amide bonds. The van der Waals surface area contributed by atoms with Gasteiger partial charge >= 0.3 is 0 Å². The number of nitrogens with one attached hydrogen (secondary N) is 1. The van der Waals surface area contributed by atoms with Crippen molar-refractivity contribution in [3.8, 4) is 0 Å². The predicted octanol–water partition coefficient (Wildman–Crippen LogP) is 5.56. The van der Waals surface area contributed by atoms with Gasteiger partial charge in [-0.05, 0) is 55.2 Å². The Kier molecular flexibility index (Phi) is 7.40. The molecule has 0 aliphatic heterocycles. The SMILES string of the molecule is Fc1ccccc1.O=C(CC1CCCCC1)Nc1ccc(F)cc1. The highest BCUT2D eigenvalue weighted by Crippen LogP contribution is 2.26. The van der Waals surface area contributed by atoms with Gasteiger partial charge in [0.25, 0.3) is 0 Å². The van der Waals surface area contributed by atoms with Crippen LogP contribution < -0.4 is 5.32 Å². The molecule has 128 valence electrons. The number of carbonyl (C=O) groups is 1. The molecule has 1 saturated carbocycles. The van der Waals surface area contributed by atoms with Crippen molar-refractivity contribution in [2.75, 3.05) is 5.32 Å². The highest BCUT2D eigenvalue weighted by atomic mass is 19.1. The fourth-order valence-electron chi connectivity index (χ4n) is 2.81. The third-order valence-corrected chi connectivity index (χ3v) is 4.06. The molecule has 1 fully saturated rings. The summed E-state index contributed by atoms with van der Waals surface area (Å²) >= 11 is 0. The second-order valence-electron chi connectivity index (χ2n) is 6.06. The van der Waals surface area contributed by atoms with Gasteiger partial charge in [0, 0.05) is 12.1 Å². The Balaban J connectivity index is 0.000000249. The topological polar surface area (TPSA) is 29.1 Å². The Hall–Kier alpha value is -2.23. The van der Waals surface area contributed by atoms with E-state index < -0.39 is 0 Å². The van der Waals surface area contributed by atoms with E-state index in [1.54, 1.807) is 30.3 Å². The van der Waals surface area contributed by atoms with Crippen molar-refractivity contribution < 1.29 is 13.6 Å². The summed E-state index contributed by atoms with van der Waals surface area (Å²) in [5, 5.41) is 2.81. The van der Waals surface area contributed by atoms with Crippen molar-refractivity contribution in [1.82, 2.24) is 0 Å². The zero-order valence-corrected chi connectivity index (χ0v) is 13.7. The Labute approximate surface area is 141 Å². The van der Waals surface area contributed by atoms with Gasteiger partial charge in [-0.15, -0.1) is 0 Å². The molecular weight excluding hydrogens is 308 g/mol. The lowest BCUT2D eigenvalue weighted by Crippen LogP contribution is -2.18. The minimum absolute atomic E-state index is 0.0449. The molecule has 1 aliphatic carbocycles. The predicted molar refractivity (Wildman–Crippen MR) is 92.6 cm³/mol. The Bertz CT molecular complexity index is 607. The third-order valence-electron chi connectivity index (χ3n) is 4.06. The summed E-state index contributed by atoms with van der Waals surface area (Å²) in [5.74, 6) is 0.116. The summed E-state index contributed by atoms with van der Waals surface area (Å²) in [4.78, 5) is 11.8. The van der Waals surface area contributed by atoms with E-state index in [2.05, 4.69) is 5.32 Å². The Morgan fingerprint density at radius 2 is 1.46 bits per heavy atom. The van der Waals surface area contributed by atoms with E-state index in [9.17, 15) is 13.6 Å². The molecule has 0 atom stereocenters. The number of rotatable bonds is 3. The van der Waals surface area contributed by atoms with Gasteiger partial charge in [-0.3, -0.25) is 4.79 Å². The van der Waals surface area contributed by atoms with Crippen LogP contribution in [0.2, 0.25) is 0 Å². The fraction of sp³-hybridized carbons (Fsp3) is 0.350. The van der Waals surface area contributed by atoms with E-state index in [4.69, 9.17) is 0 Å². The van der Waals surface area contributed by atoms with Gasteiger partial charge in [0.15, 0.2) is 0 Å². The Morgan fingerprint density at radius 3 is 2.00 bits per heavy atom. The first-order valence-electron chi connectivity index (χ1n) is 8.39. The summed E-state index contributed by atoms with van der Waals surface area (Å²) in [5.41, 5.74) is 0.673. The maximum Gasteiger partial charge on any atom is 0.224 e. The van der Waals surface area contributed by atoms with Gasteiger partial charge in [-0.1, -0.05) is 37.5 Å². The zero-order chi connectivity index (χ0) is 17.2. The van der Waals surface area contributed by atoms with E-state index in [0.29, 0.717) is 18.0 Å². The molecule has 2 nitrogen and oxygen atoms in total. The molecule has 24 heavy (non-hydrogen) atoms. The first-order valence-corrected chi connectivity index (χ1v) is 8.39. The van der Waals surface area contributed by atoms with Crippen LogP contribution in [-0.4, -0.2) is 5.91 Å². The number of carbonyl (C=O) groups excluding carboxylic acids is 1. The molecule has 3 rings (SSSR count). The second kappa shape index (κ2) is 9.81. The second-order valence-corrected chi connectivity index (χ2v) is 6.06. The van der Waals surface area contributed by atoms with Crippen molar-refractivity contribution in [3.63, 3.8) is 0 Å². The molecule has 0 saturated heterocycles. The number of benzene rings is 2. The van der Waals surface area contributed by atoms with Gasteiger partial charge < -0.3 is 5.32 Å². The van der Waals surface area contributed by atoms with Crippen molar-refractivity contribution in [3.05, 3.63) is 66.2 Å². The number of hydrogen-bond donors (Lipinski definition) is 1. The highest BCUT2D eigenvalue weighted by molar-refractivity contribution is 5.90. The van der Waals surface area contributed by atoms with Gasteiger partial charge in [0.2, 0.25) is 5.91 Å². The van der Waals surface area contributed by atoms with Crippen LogP contribution in [0, 0.1) is 17.6 Å². The molecule has 4 heteroatoms. The standard InChI is InChI=1S/C14H18FNO.C6H5F/c15-12-6-8-13(9-7-12)16-14(17)10-11-4-2-1-3-5-11;7-6-4-2-1-3-5-6/h6-9,11H,1-5,10H2,(H,16,17);1-5H. The maximum atomic E-state index is 12.7. The van der Waals surface area contributed by atoms with Crippen LogP contribution in [0.5, 0.6) is 0 Å². The average molecular weight is 331 g/mol. The van der Waals surface area contributed by atoms with Crippen molar-refractivity contribution >= 4 is 11.6 Å². The van der Waals surface area contributed by atoms with Crippen LogP contribution in [0.4, 0.5) is 14.5 Å². The minimum Gasteiger partial charge on any atom is -0.326 e. The summed E-state index contributed by atoms with van der Waals surface area (Å²) in [7, 11) is 0. The molecule has 0 unspecified atom stereocenters. The lowest BCUT2D eigenvalue weighted by Gasteiger charge is -2.20. The summed E-state index contributed by atoms with van der Waals surface area (Å²) < 4.78 is 24.6. The molecule has 0 aromatic heterocycles. The number of hydrogen-bond acceptors (Lipinski definition) is 1. The average Bonchev–Trinajstić information content (AvgIpc) is 2.59. The van der Waals surface area contributed by atoms with Crippen LogP contribution >= 0.6 is 0 Å². The van der Waals surface area contributed by atoms with Gasteiger partial charge in [0.1, 0.15) is 11.6 Å². The van der Waals surface area contributed by atoms with Crippen LogP contribution in [-0.2, 0) is 4.79 Å². The van der Waals surface area contributed by atoms with E-state index in [1.165, 1.54) is 43.5 Å². The summed E-state index contributed by atoms with van der Waals surface area (Å²) in [6.07, 6.45) is 6.71. The van der Waals surface area contributed by atoms with E-state index in [1.807, 2.05) is 0 Å². The minimum atomic E-state index is -0.282. The molecule has 1 N–H and O–H groups in total. The normalized spacial score (nSPS) is 14.4. The molecular formula is C20H23F2NO. The number of anilines is 1. The lowest BCUT2D eigenvalue weighted by molar-refractivity contribution is -0.117. The van der Waals surface area contributed by atoms with Crippen LogP contribution in [0.15, 0.2) is 54.6 Å². The van der Waals surface area contributed by atoms with Crippen LogP contribution in [0.1, 0.15) is 38.5 Å². The zero-order valence-electron chi connectivity index (χ0n) is 13.7. The molecule has 0 bridgehead atoms. The molecule has 0 spiro atoms. The van der Waals surface area contributed by atoms with Gasteiger partial charge in [0.05, 0.1) is 0 Å². The van der Waals surface area contributed by atoms with Crippen LogP contribution in [0.3, 0.4) is 0 Å². The van der Waals surface area contributed by atoms with Crippen molar-refractivity contribution in [2.45, 2.75) is 38.5 Å². The van der Waals surface area contributed by atoms with Gasteiger partial charge in [-0.25, -0.2) is 8.78 Å². The van der Waals surface area contributed by atoms with Crippen molar-refractivity contribution in [1.29, 1.82) is 0 Å². The fourth-order valence-corrected chi connectivity index (χ4v) is 2.81.